The Morgan fingerprint density at radius 3 is 2.79 bits per heavy atom. The third-order valence-electron chi connectivity index (χ3n) is 4.23. The largest absolute Gasteiger partial charge is 0.481 e. The molecule has 1 aliphatic rings. The van der Waals surface area contributed by atoms with Crippen molar-refractivity contribution in [1.82, 2.24) is 10.3 Å². The number of aryl methyl sites for hydroxylation is 1. The zero-order valence-corrected chi connectivity index (χ0v) is 14.0. The maximum Gasteiger partial charge on any atom is 0.311 e. The third kappa shape index (κ3) is 3.20. The van der Waals surface area contributed by atoms with E-state index in [-0.39, 0.29) is 12.5 Å². The van der Waals surface area contributed by atoms with E-state index in [4.69, 9.17) is 9.15 Å². The molecule has 3 heterocycles. The second-order valence-corrected chi connectivity index (χ2v) is 6.98. The topological polar surface area (TPSA) is 102 Å². The zero-order valence-electron chi connectivity index (χ0n) is 13.2. The number of carbonyl (C=O) groups excluding carboxylic acids is 1. The minimum Gasteiger partial charge on any atom is -0.481 e. The van der Waals surface area contributed by atoms with Crippen molar-refractivity contribution in [3.63, 3.8) is 0 Å². The van der Waals surface area contributed by atoms with E-state index in [1.165, 1.54) is 11.3 Å². The van der Waals surface area contributed by atoms with E-state index in [0.717, 1.165) is 4.88 Å². The Morgan fingerprint density at radius 1 is 1.42 bits per heavy atom. The number of hydrogen-bond donors (Lipinski definition) is 2. The maximum absolute atomic E-state index is 12.4. The Labute approximate surface area is 142 Å². The van der Waals surface area contributed by atoms with E-state index in [1.54, 1.807) is 25.3 Å². The predicted molar refractivity (Wildman–Crippen MR) is 87.0 cm³/mol. The lowest BCUT2D eigenvalue weighted by atomic mass is 9.80. The number of carbonyl (C=O) groups is 2. The van der Waals surface area contributed by atoms with Crippen molar-refractivity contribution in [2.45, 2.75) is 19.8 Å². The number of nitrogens with one attached hydrogen (secondary N) is 1. The van der Waals surface area contributed by atoms with Gasteiger partial charge in [-0.1, -0.05) is 0 Å². The van der Waals surface area contributed by atoms with Gasteiger partial charge in [-0.3, -0.25) is 9.59 Å². The molecule has 7 nitrogen and oxygen atoms in total. The molecule has 128 valence electrons. The molecule has 0 atom stereocenters. The molecular formula is C16H18N2O5S. The minimum absolute atomic E-state index is 0.0670. The Balaban J connectivity index is 1.72. The van der Waals surface area contributed by atoms with Crippen molar-refractivity contribution in [2.24, 2.45) is 5.41 Å². The standard InChI is InChI=1S/C16H18N2O5S/c1-10-12(18-14(24-10)11-3-2-6-23-11)13(19)17-9-16(15(20)21)4-7-22-8-5-16/h2-3,6H,4-5,7-9H2,1H3,(H,17,19)(H,20,21). The summed E-state index contributed by atoms with van der Waals surface area (Å²) in [7, 11) is 0. The van der Waals surface area contributed by atoms with Crippen LogP contribution < -0.4 is 5.32 Å². The van der Waals surface area contributed by atoms with Crippen LogP contribution in [0.5, 0.6) is 0 Å². The Morgan fingerprint density at radius 2 is 2.17 bits per heavy atom. The van der Waals surface area contributed by atoms with Crippen LogP contribution in [0.3, 0.4) is 0 Å². The molecule has 2 aromatic rings. The Hall–Kier alpha value is -2.19. The van der Waals surface area contributed by atoms with Crippen LogP contribution >= 0.6 is 11.3 Å². The molecule has 2 N–H and O–H groups in total. The van der Waals surface area contributed by atoms with Crippen molar-refractivity contribution in [2.75, 3.05) is 19.8 Å². The van der Waals surface area contributed by atoms with Crippen molar-refractivity contribution in [1.29, 1.82) is 0 Å². The summed E-state index contributed by atoms with van der Waals surface area (Å²) in [6.07, 6.45) is 2.32. The summed E-state index contributed by atoms with van der Waals surface area (Å²) in [6.45, 7) is 2.65. The molecule has 1 saturated heterocycles. The molecule has 8 heteroatoms. The average Bonchev–Trinajstić information content (AvgIpc) is 3.22. The average molecular weight is 350 g/mol. The number of carboxylic acid groups (broad SMARTS) is 1. The lowest BCUT2D eigenvalue weighted by Gasteiger charge is -2.33. The maximum atomic E-state index is 12.4. The van der Waals surface area contributed by atoms with Gasteiger partial charge in [0.2, 0.25) is 0 Å². The van der Waals surface area contributed by atoms with Gasteiger partial charge in [0.25, 0.3) is 5.91 Å². The van der Waals surface area contributed by atoms with Crippen LogP contribution in [0.15, 0.2) is 22.8 Å². The van der Waals surface area contributed by atoms with Crippen molar-refractivity contribution in [3.05, 3.63) is 29.0 Å². The van der Waals surface area contributed by atoms with E-state index in [9.17, 15) is 14.7 Å². The summed E-state index contributed by atoms with van der Waals surface area (Å²) in [5.74, 6) is -0.667. The summed E-state index contributed by atoms with van der Waals surface area (Å²) in [4.78, 5) is 29.1. The van der Waals surface area contributed by atoms with Crippen LogP contribution in [0.2, 0.25) is 0 Å². The highest BCUT2D eigenvalue weighted by atomic mass is 32.1. The van der Waals surface area contributed by atoms with Crippen molar-refractivity contribution < 1.29 is 23.8 Å². The number of furan rings is 1. The molecule has 2 aromatic heterocycles. The normalized spacial score (nSPS) is 16.7. The number of aromatic nitrogens is 1. The van der Waals surface area contributed by atoms with Crippen LogP contribution in [-0.4, -0.2) is 41.7 Å². The predicted octanol–water partition coefficient (Wildman–Crippen LogP) is 2.32. The van der Waals surface area contributed by atoms with Crippen LogP contribution in [-0.2, 0) is 9.53 Å². The molecule has 1 aliphatic heterocycles. The van der Waals surface area contributed by atoms with Gasteiger partial charge in [-0.05, 0) is 31.9 Å². The first kappa shape index (κ1) is 16.7. The monoisotopic (exact) mass is 350 g/mol. The summed E-state index contributed by atoms with van der Waals surface area (Å²) >= 11 is 1.37. The van der Waals surface area contributed by atoms with Gasteiger partial charge in [-0.15, -0.1) is 11.3 Å². The van der Waals surface area contributed by atoms with Gasteiger partial charge < -0.3 is 19.6 Å². The molecule has 1 fully saturated rings. The summed E-state index contributed by atoms with van der Waals surface area (Å²) in [6, 6.07) is 3.54. The minimum atomic E-state index is -0.971. The van der Waals surface area contributed by atoms with Crippen molar-refractivity contribution in [3.8, 4) is 10.8 Å². The highest BCUT2D eigenvalue weighted by Gasteiger charge is 2.40. The van der Waals surface area contributed by atoms with Gasteiger partial charge in [0.1, 0.15) is 5.69 Å². The van der Waals surface area contributed by atoms with Gasteiger partial charge >= 0.3 is 5.97 Å². The second kappa shape index (κ2) is 6.74. The molecule has 0 spiro atoms. The van der Waals surface area contributed by atoms with Gasteiger partial charge in [-0.25, -0.2) is 4.98 Å². The number of ether oxygens (including phenoxy) is 1. The first-order valence-corrected chi connectivity index (χ1v) is 8.44. The van der Waals surface area contributed by atoms with E-state index >= 15 is 0 Å². The van der Waals surface area contributed by atoms with E-state index in [0.29, 0.717) is 42.5 Å². The first-order chi connectivity index (χ1) is 11.5. The number of amides is 1. The first-order valence-electron chi connectivity index (χ1n) is 7.62. The third-order valence-corrected chi connectivity index (χ3v) is 5.22. The highest BCUT2D eigenvalue weighted by molar-refractivity contribution is 7.15. The van der Waals surface area contributed by atoms with Gasteiger partial charge in [0.05, 0.1) is 11.7 Å². The molecule has 0 aromatic carbocycles. The highest BCUT2D eigenvalue weighted by Crippen LogP contribution is 2.31. The summed E-state index contributed by atoms with van der Waals surface area (Å²) in [5, 5.41) is 12.9. The lowest BCUT2D eigenvalue weighted by molar-refractivity contribution is -0.154. The number of hydrogen-bond acceptors (Lipinski definition) is 6. The van der Waals surface area contributed by atoms with E-state index in [2.05, 4.69) is 10.3 Å². The van der Waals surface area contributed by atoms with Crippen molar-refractivity contribution >= 4 is 23.2 Å². The number of rotatable bonds is 5. The summed E-state index contributed by atoms with van der Waals surface area (Å²) < 4.78 is 10.5. The fraction of sp³-hybridized carbons (Fsp3) is 0.438. The van der Waals surface area contributed by atoms with Crippen LogP contribution in [0, 0.1) is 12.3 Å². The molecule has 3 rings (SSSR count). The Bertz CT molecular complexity index is 732. The number of aliphatic carboxylic acids is 1. The fourth-order valence-electron chi connectivity index (χ4n) is 2.67. The van der Waals surface area contributed by atoms with E-state index in [1.807, 2.05) is 0 Å². The molecule has 0 aliphatic carbocycles. The SMILES string of the molecule is Cc1sc(-c2ccco2)nc1C(=O)NCC1(C(=O)O)CCOCC1. The number of carboxylic acids is 1. The molecular weight excluding hydrogens is 332 g/mol. The van der Waals surface area contributed by atoms with Gasteiger partial charge in [0, 0.05) is 24.6 Å². The van der Waals surface area contributed by atoms with Gasteiger partial charge in [-0.2, -0.15) is 0 Å². The zero-order chi connectivity index (χ0) is 17.2. The number of thiazole rings is 1. The summed E-state index contributed by atoms with van der Waals surface area (Å²) in [5.41, 5.74) is -0.666. The molecule has 0 saturated carbocycles. The van der Waals surface area contributed by atoms with E-state index < -0.39 is 11.4 Å². The van der Waals surface area contributed by atoms with Gasteiger partial charge in [0.15, 0.2) is 10.8 Å². The fourth-order valence-corrected chi connectivity index (χ4v) is 3.55. The molecule has 24 heavy (non-hydrogen) atoms. The molecule has 0 bridgehead atoms. The van der Waals surface area contributed by atoms with Crippen LogP contribution in [0.1, 0.15) is 28.2 Å². The smallest absolute Gasteiger partial charge is 0.311 e. The van der Waals surface area contributed by atoms with Crippen LogP contribution in [0.25, 0.3) is 10.8 Å². The molecule has 0 unspecified atom stereocenters. The molecule has 1 amide bonds. The lowest BCUT2D eigenvalue weighted by Crippen LogP contribution is -2.46. The molecule has 0 radical (unpaired) electrons. The van der Waals surface area contributed by atoms with Crippen LogP contribution in [0.4, 0.5) is 0 Å². The Kier molecular flexibility index (Phi) is 4.68. The second-order valence-electron chi connectivity index (χ2n) is 5.78. The number of nitrogens with zero attached hydrogens (tertiary/aromatic N) is 1. The quantitative estimate of drug-likeness (QED) is 0.858.